The number of nitrogens with two attached hydrogens (primary N) is 1. The first-order chi connectivity index (χ1) is 7.24. The standard InChI is InChI=1S/C11H16N4/c1-8(2)10(6-12)11-5-3-4-9-7-13-14-15(9)11/h3-5,7-8,10H,6,12H2,1-2H3. The van der Waals surface area contributed by atoms with Gasteiger partial charge in [-0.25, -0.2) is 4.52 Å². The van der Waals surface area contributed by atoms with Crippen LogP contribution in [-0.4, -0.2) is 21.4 Å². The zero-order valence-electron chi connectivity index (χ0n) is 9.09. The summed E-state index contributed by atoms with van der Waals surface area (Å²) in [6.45, 7) is 4.98. The fourth-order valence-electron chi connectivity index (χ4n) is 1.89. The Hall–Kier alpha value is -1.42. The SMILES string of the molecule is CC(C)C(CN)c1cccc2cnnn12. The molecular weight excluding hydrogens is 188 g/mol. The molecule has 4 nitrogen and oxygen atoms in total. The lowest BCUT2D eigenvalue weighted by Crippen LogP contribution is -2.20. The van der Waals surface area contributed by atoms with Gasteiger partial charge >= 0.3 is 0 Å². The third kappa shape index (κ3) is 1.72. The smallest absolute Gasteiger partial charge is 0.0868 e. The summed E-state index contributed by atoms with van der Waals surface area (Å²) >= 11 is 0. The fraction of sp³-hybridized carbons (Fsp3) is 0.455. The Balaban J connectivity index is 2.54. The van der Waals surface area contributed by atoms with E-state index in [2.05, 4.69) is 30.2 Å². The molecule has 0 aliphatic carbocycles. The second kappa shape index (κ2) is 3.98. The average molecular weight is 204 g/mol. The molecule has 1 unspecified atom stereocenters. The number of rotatable bonds is 3. The lowest BCUT2D eigenvalue weighted by molar-refractivity contribution is 0.484. The summed E-state index contributed by atoms with van der Waals surface area (Å²) < 4.78 is 1.87. The number of fused-ring (bicyclic) bond motifs is 1. The average Bonchev–Trinajstić information content (AvgIpc) is 2.66. The van der Waals surface area contributed by atoms with Crippen LogP contribution in [0.15, 0.2) is 24.4 Å². The third-order valence-corrected chi connectivity index (χ3v) is 2.79. The van der Waals surface area contributed by atoms with Crippen LogP contribution in [0.25, 0.3) is 5.52 Å². The number of hydrogen-bond acceptors (Lipinski definition) is 3. The molecule has 4 heteroatoms. The van der Waals surface area contributed by atoms with E-state index in [1.165, 1.54) is 0 Å². The Bertz CT molecular complexity index is 447. The van der Waals surface area contributed by atoms with Crippen molar-refractivity contribution >= 4 is 5.52 Å². The summed E-state index contributed by atoms with van der Waals surface area (Å²) in [5.74, 6) is 0.834. The number of aromatic nitrogens is 3. The monoisotopic (exact) mass is 204 g/mol. The van der Waals surface area contributed by atoms with Crippen LogP contribution >= 0.6 is 0 Å². The first-order valence-electron chi connectivity index (χ1n) is 5.23. The molecule has 0 saturated carbocycles. The predicted octanol–water partition coefficient (Wildman–Crippen LogP) is 1.43. The number of hydrogen-bond donors (Lipinski definition) is 1. The Morgan fingerprint density at radius 2 is 2.20 bits per heavy atom. The van der Waals surface area contributed by atoms with Gasteiger partial charge in [0.2, 0.25) is 0 Å². The normalized spacial score (nSPS) is 13.6. The second-order valence-electron chi connectivity index (χ2n) is 4.11. The molecule has 80 valence electrons. The van der Waals surface area contributed by atoms with Crippen molar-refractivity contribution in [2.45, 2.75) is 19.8 Å². The summed E-state index contributed by atoms with van der Waals surface area (Å²) in [5, 5.41) is 7.99. The van der Waals surface area contributed by atoms with E-state index in [0.717, 1.165) is 11.2 Å². The molecule has 2 N–H and O–H groups in total. The highest BCUT2D eigenvalue weighted by Crippen LogP contribution is 2.23. The molecular formula is C11H16N4. The summed E-state index contributed by atoms with van der Waals surface area (Å²) in [5.41, 5.74) is 7.97. The Morgan fingerprint density at radius 3 is 2.87 bits per heavy atom. The minimum atomic E-state index is 0.329. The Kier molecular flexibility index (Phi) is 2.68. The topological polar surface area (TPSA) is 56.2 Å². The van der Waals surface area contributed by atoms with E-state index in [0.29, 0.717) is 18.4 Å². The van der Waals surface area contributed by atoms with Gasteiger partial charge in [0.15, 0.2) is 0 Å². The molecule has 0 fully saturated rings. The molecule has 0 radical (unpaired) electrons. The summed E-state index contributed by atoms with van der Waals surface area (Å²) in [4.78, 5) is 0. The van der Waals surface area contributed by atoms with Crippen LogP contribution in [0.1, 0.15) is 25.5 Å². The van der Waals surface area contributed by atoms with Gasteiger partial charge in [-0.2, -0.15) is 0 Å². The second-order valence-corrected chi connectivity index (χ2v) is 4.11. The lowest BCUT2D eigenvalue weighted by atomic mass is 9.92. The van der Waals surface area contributed by atoms with E-state index < -0.39 is 0 Å². The first-order valence-corrected chi connectivity index (χ1v) is 5.23. The van der Waals surface area contributed by atoms with Crippen LogP contribution in [0, 0.1) is 5.92 Å². The fourth-order valence-corrected chi connectivity index (χ4v) is 1.89. The van der Waals surface area contributed by atoms with Crippen molar-refractivity contribution in [2.75, 3.05) is 6.54 Å². The van der Waals surface area contributed by atoms with Crippen molar-refractivity contribution in [3.05, 3.63) is 30.1 Å². The van der Waals surface area contributed by atoms with E-state index in [4.69, 9.17) is 5.73 Å². The zero-order valence-corrected chi connectivity index (χ0v) is 9.09. The minimum Gasteiger partial charge on any atom is -0.330 e. The highest BCUT2D eigenvalue weighted by molar-refractivity contribution is 5.44. The van der Waals surface area contributed by atoms with Crippen LogP contribution in [0.3, 0.4) is 0 Å². The maximum atomic E-state index is 5.80. The first kappa shape index (κ1) is 10.1. The van der Waals surface area contributed by atoms with Crippen molar-refractivity contribution in [3.63, 3.8) is 0 Å². The highest BCUT2D eigenvalue weighted by atomic mass is 15.4. The molecule has 0 amide bonds. The Labute approximate surface area is 89.1 Å². The highest BCUT2D eigenvalue weighted by Gasteiger charge is 2.17. The molecule has 2 rings (SSSR count). The molecule has 0 aliphatic rings. The Morgan fingerprint density at radius 1 is 1.40 bits per heavy atom. The maximum Gasteiger partial charge on any atom is 0.0868 e. The third-order valence-electron chi connectivity index (χ3n) is 2.79. The van der Waals surface area contributed by atoms with Gasteiger partial charge in [-0.1, -0.05) is 25.1 Å². The minimum absolute atomic E-state index is 0.329. The van der Waals surface area contributed by atoms with Gasteiger partial charge in [-0.15, -0.1) is 5.10 Å². The molecule has 0 spiro atoms. The molecule has 2 aromatic rings. The molecule has 2 aromatic heterocycles. The van der Waals surface area contributed by atoms with Gasteiger partial charge < -0.3 is 5.73 Å². The summed E-state index contributed by atoms with van der Waals surface area (Å²) in [6.07, 6.45) is 1.76. The zero-order chi connectivity index (χ0) is 10.8. The number of pyridine rings is 1. The van der Waals surface area contributed by atoms with Gasteiger partial charge in [0.25, 0.3) is 0 Å². The van der Waals surface area contributed by atoms with E-state index in [-0.39, 0.29) is 0 Å². The molecule has 0 aromatic carbocycles. The molecule has 2 heterocycles. The predicted molar refractivity (Wildman–Crippen MR) is 59.6 cm³/mol. The summed E-state index contributed by atoms with van der Waals surface area (Å²) in [6, 6.07) is 6.09. The van der Waals surface area contributed by atoms with Crippen LogP contribution in [0.2, 0.25) is 0 Å². The van der Waals surface area contributed by atoms with Crippen LogP contribution in [-0.2, 0) is 0 Å². The van der Waals surface area contributed by atoms with Crippen LogP contribution in [0.4, 0.5) is 0 Å². The lowest BCUT2D eigenvalue weighted by Gasteiger charge is -2.19. The number of nitrogens with zero attached hydrogens (tertiary/aromatic N) is 3. The quantitative estimate of drug-likeness (QED) is 0.822. The largest absolute Gasteiger partial charge is 0.330 e. The van der Waals surface area contributed by atoms with Crippen molar-refractivity contribution < 1.29 is 0 Å². The van der Waals surface area contributed by atoms with Crippen molar-refractivity contribution in [2.24, 2.45) is 11.7 Å². The van der Waals surface area contributed by atoms with Gasteiger partial charge in [0, 0.05) is 18.2 Å². The van der Waals surface area contributed by atoms with Crippen molar-refractivity contribution in [3.8, 4) is 0 Å². The molecule has 15 heavy (non-hydrogen) atoms. The van der Waals surface area contributed by atoms with E-state index >= 15 is 0 Å². The van der Waals surface area contributed by atoms with Crippen LogP contribution < -0.4 is 5.73 Å². The molecule has 0 aliphatic heterocycles. The maximum absolute atomic E-state index is 5.80. The van der Waals surface area contributed by atoms with E-state index in [9.17, 15) is 0 Å². The van der Waals surface area contributed by atoms with Gasteiger partial charge in [-0.3, -0.25) is 0 Å². The summed E-state index contributed by atoms with van der Waals surface area (Å²) in [7, 11) is 0. The van der Waals surface area contributed by atoms with E-state index in [1.54, 1.807) is 6.20 Å². The van der Waals surface area contributed by atoms with Gasteiger partial charge in [0.05, 0.1) is 11.7 Å². The van der Waals surface area contributed by atoms with Gasteiger partial charge in [-0.05, 0) is 18.1 Å². The molecule has 1 atom stereocenters. The van der Waals surface area contributed by atoms with Crippen LogP contribution in [0.5, 0.6) is 0 Å². The molecule has 0 saturated heterocycles. The van der Waals surface area contributed by atoms with E-state index in [1.807, 2.05) is 16.6 Å². The van der Waals surface area contributed by atoms with Crippen molar-refractivity contribution in [1.29, 1.82) is 0 Å². The molecule has 0 bridgehead atoms. The van der Waals surface area contributed by atoms with Gasteiger partial charge in [0.1, 0.15) is 0 Å². The van der Waals surface area contributed by atoms with Crippen molar-refractivity contribution in [1.82, 2.24) is 14.8 Å².